The molecule has 0 aliphatic carbocycles. The van der Waals surface area contributed by atoms with E-state index in [0.29, 0.717) is 11.3 Å². The van der Waals surface area contributed by atoms with Crippen LogP contribution in [0.2, 0.25) is 0 Å². The zero-order valence-electron chi connectivity index (χ0n) is 14.3. The third kappa shape index (κ3) is 6.18. The Hall–Kier alpha value is -2.74. The first-order valence-electron chi connectivity index (χ1n) is 7.85. The lowest BCUT2D eigenvalue weighted by Gasteiger charge is -2.13. The summed E-state index contributed by atoms with van der Waals surface area (Å²) >= 11 is 1.07. The van der Waals surface area contributed by atoms with Crippen LogP contribution in [0.25, 0.3) is 0 Å². The summed E-state index contributed by atoms with van der Waals surface area (Å²) in [4.78, 5) is 23.8. The fourth-order valence-corrected chi connectivity index (χ4v) is 4.03. The summed E-state index contributed by atoms with van der Waals surface area (Å²) in [5.41, 5.74) is 0.920. The van der Waals surface area contributed by atoms with Crippen molar-refractivity contribution in [1.82, 2.24) is 4.72 Å². The van der Waals surface area contributed by atoms with Gasteiger partial charge < -0.3 is 10.1 Å². The SMILES string of the molecule is C[C@H](OC(=O)CCNS(=O)(=O)c1cccs1)C(=O)Nc1ccc(C#N)cc1. The molecule has 2 aromatic rings. The van der Waals surface area contributed by atoms with Crippen molar-refractivity contribution >= 4 is 38.9 Å². The van der Waals surface area contributed by atoms with E-state index in [-0.39, 0.29) is 17.2 Å². The third-order valence-corrected chi connectivity index (χ3v) is 6.20. The minimum absolute atomic E-state index is 0.136. The molecular weight excluding hydrogens is 390 g/mol. The summed E-state index contributed by atoms with van der Waals surface area (Å²) in [6.07, 6.45) is -1.26. The maximum atomic E-state index is 12.0. The molecule has 2 N–H and O–H groups in total. The number of benzene rings is 1. The Morgan fingerprint density at radius 3 is 2.56 bits per heavy atom. The molecule has 0 aliphatic heterocycles. The number of carbonyl (C=O) groups excluding carboxylic acids is 2. The number of hydrogen-bond acceptors (Lipinski definition) is 7. The smallest absolute Gasteiger partial charge is 0.307 e. The second-order valence-electron chi connectivity index (χ2n) is 5.39. The number of sulfonamides is 1. The van der Waals surface area contributed by atoms with Crippen molar-refractivity contribution in [2.45, 2.75) is 23.7 Å². The van der Waals surface area contributed by atoms with Gasteiger partial charge in [-0.1, -0.05) is 6.07 Å². The molecule has 1 heterocycles. The second-order valence-corrected chi connectivity index (χ2v) is 8.33. The van der Waals surface area contributed by atoms with E-state index in [4.69, 9.17) is 10.00 Å². The van der Waals surface area contributed by atoms with Crippen LogP contribution in [0.5, 0.6) is 0 Å². The van der Waals surface area contributed by atoms with Crippen molar-refractivity contribution in [3.63, 3.8) is 0 Å². The average molecular weight is 407 g/mol. The number of esters is 1. The van der Waals surface area contributed by atoms with Gasteiger partial charge in [0.05, 0.1) is 18.1 Å². The van der Waals surface area contributed by atoms with Gasteiger partial charge in [0, 0.05) is 12.2 Å². The lowest BCUT2D eigenvalue weighted by atomic mass is 10.2. The number of rotatable bonds is 8. The predicted molar refractivity (Wildman–Crippen MR) is 99.5 cm³/mol. The summed E-state index contributed by atoms with van der Waals surface area (Å²) in [7, 11) is -3.65. The molecule has 1 aromatic carbocycles. The average Bonchev–Trinajstić information content (AvgIpc) is 3.17. The number of ether oxygens (including phenoxy) is 1. The zero-order chi connectivity index (χ0) is 19.9. The number of nitrogens with zero attached hydrogens (tertiary/aromatic N) is 1. The van der Waals surface area contributed by atoms with E-state index >= 15 is 0 Å². The Bertz CT molecular complexity index is 932. The van der Waals surface area contributed by atoms with Crippen LogP contribution in [-0.2, 0) is 24.3 Å². The standard InChI is InChI=1S/C17H17N3O5S2/c1-12(17(22)20-14-6-4-13(11-18)5-7-14)25-15(21)8-9-19-27(23,24)16-3-2-10-26-16/h2-7,10,12,19H,8-9H2,1H3,(H,20,22)/t12-/m0/s1. The number of anilines is 1. The van der Waals surface area contributed by atoms with Crippen molar-refractivity contribution in [1.29, 1.82) is 5.26 Å². The largest absolute Gasteiger partial charge is 0.452 e. The van der Waals surface area contributed by atoms with E-state index in [1.807, 2.05) is 6.07 Å². The van der Waals surface area contributed by atoms with Crippen molar-refractivity contribution in [2.75, 3.05) is 11.9 Å². The van der Waals surface area contributed by atoms with Crippen LogP contribution >= 0.6 is 11.3 Å². The van der Waals surface area contributed by atoms with Crippen molar-refractivity contribution in [3.05, 3.63) is 47.3 Å². The van der Waals surface area contributed by atoms with Crippen LogP contribution in [-0.4, -0.2) is 32.9 Å². The Morgan fingerprint density at radius 1 is 1.26 bits per heavy atom. The van der Waals surface area contributed by atoms with E-state index in [2.05, 4.69) is 10.0 Å². The molecule has 0 bridgehead atoms. The number of nitrogens with one attached hydrogen (secondary N) is 2. The normalized spacial score (nSPS) is 12.0. The van der Waals surface area contributed by atoms with Gasteiger partial charge in [0.15, 0.2) is 6.10 Å². The fourth-order valence-electron chi connectivity index (χ4n) is 1.96. The van der Waals surface area contributed by atoms with E-state index in [9.17, 15) is 18.0 Å². The van der Waals surface area contributed by atoms with Gasteiger partial charge in [0.1, 0.15) is 4.21 Å². The second kappa shape index (κ2) is 9.27. The van der Waals surface area contributed by atoms with Crippen LogP contribution in [0, 0.1) is 11.3 Å². The molecule has 0 aliphatic rings. The molecular formula is C17H17N3O5S2. The number of carbonyl (C=O) groups is 2. The number of nitriles is 1. The molecule has 0 unspecified atom stereocenters. The molecule has 0 fully saturated rings. The first-order chi connectivity index (χ1) is 12.8. The minimum atomic E-state index is -3.65. The Labute approximate surface area is 160 Å². The van der Waals surface area contributed by atoms with Crippen LogP contribution < -0.4 is 10.0 Å². The van der Waals surface area contributed by atoms with Gasteiger partial charge in [0.25, 0.3) is 5.91 Å². The monoisotopic (exact) mass is 407 g/mol. The lowest BCUT2D eigenvalue weighted by molar-refractivity contribution is -0.152. The first-order valence-corrected chi connectivity index (χ1v) is 10.2. The minimum Gasteiger partial charge on any atom is -0.452 e. The molecule has 0 radical (unpaired) electrons. The van der Waals surface area contributed by atoms with Gasteiger partial charge in [0.2, 0.25) is 10.0 Å². The van der Waals surface area contributed by atoms with E-state index < -0.39 is 28.0 Å². The molecule has 0 saturated carbocycles. The van der Waals surface area contributed by atoms with Gasteiger partial charge in [-0.05, 0) is 42.6 Å². The highest BCUT2D eigenvalue weighted by Gasteiger charge is 2.19. The fraction of sp³-hybridized carbons (Fsp3) is 0.235. The van der Waals surface area contributed by atoms with Crippen molar-refractivity contribution < 1.29 is 22.7 Å². The van der Waals surface area contributed by atoms with Gasteiger partial charge in [-0.25, -0.2) is 13.1 Å². The highest BCUT2D eigenvalue weighted by atomic mass is 32.2. The third-order valence-electron chi connectivity index (χ3n) is 3.34. The number of thiophene rings is 1. The van der Waals surface area contributed by atoms with Crippen molar-refractivity contribution in [2.24, 2.45) is 0 Å². The molecule has 0 saturated heterocycles. The van der Waals surface area contributed by atoms with Crippen LogP contribution in [0.15, 0.2) is 46.0 Å². The molecule has 27 heavy (non-hydrogen) atoms. The topological polar surface area (TPSA) is 125 Å². The molecule has 1 atom stereocenters. The summed E-state index contributed by atoms with van der Waals surface area (Å²) in [5, 5.41) is 12.9. The molecule has 2 rings (SSSR count). The highest BCUT2D eigenvalue weighted by Crippen LogP contribution is 2.15. The predicted octanol–water partition coefficient (Wildman–Crippen LogP) is 1.86. The molecule has 1 aromatic heterocycles. The van der Waals surface area contributed by atoms with E-state index in [0.717, 1.165) is 11.3 Å². The summed E-state index contributed by atoms with van der Waals surface area (Å²) in [6, 6.07) is 11.3. The van der Waals surface area contributed by atoms with Gasteiger partial charge >= 0.3 is 5.97 Å². The van der Waals surface area contributed by atoms with E-state index in [1.54, 1.807) is 35.7 Å². The maximum Gasteiger partial charge on any atom is 0.307 e. The maximum absolute atomic E-state index is 12.0. The Balaban J connectivity index is 1.77. The molecule has 8 nitrogen and oxygen atoms in total. The van der Waals surface area contributed by atoms with Gasteiger partial charge in [-0.3, -0.25) is 9.59 Å². The summed E-state index contributed by atoms with van der Waals surface area (Å²) in [5.74, 6) is -1.24. The van der Waals surface area contributed by atoms with Crippen LogP contribution in [0.4, 0.5) is 5.69 Å². The van der Waals surface area contributed by atoms with E-state index in [1.165, 1.54) is 13.0 Å². The molecule has 10 heteroatoms. The zero-order valence-corrected chi connectivity index (χ0v) is 16.0. The van der Waals surface area contributed by atoms with Gasteiger partial charge in [-0.2, -0.15) is 5.26 Å². The first kappa shape index (κ1) is 20.6. The molecule has 0 spiro atoms. The summed E-state index contributed by atoms with van der Waals surface area (Å²) in [6.45, 7) is 1.27. The Kier molecular flexibility index (Phi) is 7.06. The van der Waals surface area contributed by atoms with Gasteiger partial charge in [-0.15, -0.1) is 11.3 Å². The van der Waals surface area contributed by atoms with Crippen molar-refractivity contribution in [3.8, 4) is 6.07 Å². The van der Waals surface area contributed by atoms with Crippen LogP contribution in [0.3, 0.4) is 0 Å². The Morgan fingerprint density at radius 2 is 1.96 bits per heavy atom. The number of hydrogen-bond donors (Lipinski definition) is 2. The quantitative estimate of drug-likeness (QED) is 0.644. The lowest BCUT2D eigenvalue weighted by Crippen LogP contribution is -2.32. The number of amides is 1. The molecule has 142 valence electrons. The summed E-state index contributed by atoms with van der Waals surface area (Å²) < 4.78 is 31.3. The highest BCUT2D eigenvalue weighted by molar-refractivity contribution is 7.91. The molecule has 1 amide bonds. The van der Waals surface area contributed by atoms with Crippen LogP contribution in [0.1, 0.15) is 18.9 Å².